The number of hydrogen-bond donors (Lipinski definition) is 1. The van der Waals surface area contributed by atoms with E-state index in [0.29, 0.717) is 6.04 Å². The zero-order valence-electron chi connectivity index (χ0n) is 11.1. The fourth-order valence-corrected chi connectivity index (χ4v) is 2.34. The average Bonchev–Trinajstić information content (AvgIpc) is 2.26. The molecule has 0 amide bonds. The minimum atomic E-state index is 0.599. The third-order valence-corrected chi connectivity index (χ3v) is 3.34. The van der Waals surface area contributed by atoms with Gasteiger partial charge in [-0.3, -0.25) is 0 Å². The molecular formula is C15H25N. The topological polar surface area (TPSA) is 12.0 Å². The second-order valence-corrected chi connectivity index (χ2v) is 4.85. The Morgan fingerprint density at radius 3 is 2.62 bits per heavy atom. The van der Waals surface area contributed by atoms with Crippen LogP contribution < -0.4 is 5.32 Å². The quantitative estimate of drug-likeness (QED) is 0.771. The van der Waals surface area contributed by atoms with Crippen molar-refractivity contribution in [2.75, 3.05) is 7.05 Å². The zero-order chi connectivity index (χ0) is 12.0. The molecule has 1 rings (SSSR count). The van der Waals surface area contributed by atoms with Gasteiger partial charge < -0.3 is 5.32 Å². The summed E-state index contributed by atoms with van der Waals surface area (Å²) in [4.78, 5) is 0. The maximum atomic E-state index is 3.45. The van der Waals surface area contributed by atoms with Gasteiger partial charge in [0.25, 0.3) is 0 Å². The zero-order valence-corrected chi connectivity index (χ0v) is 11.1. The Balaban J connectivity index is 2.62. The minimum Gasteiger partial charge on any atom is -0.316 e. The number of aryl methyl sites for hydroxylation is 1. The monoisotopic (exact) mass is 219 g/mol. The summed E-state index contributed by atoms with van der Waals surface area (Å²) in [7, 11) is 2.08. The van der Waals surface area contributed by atoms with E-state index in [9.17, 15) is 0 Å². The van der Waals surface area contributed by atoms with Crippen LogP contribution in [0.2, 0.25) is 0 Å². The fraction of sp³-hybridized carbons (Fsp3) is 0.600. The van der Waals surface area contributed by atoms with Crippen LogP contribution in [0.4, 0.5) is 0 Å². The summed E-state index contributed by atoms with van der Waals surface area (Å²) in [5.41, 5.74) is 2.80. The lowest BCUT2D eigenvalue weighted by Gasteiger charge is -2.23. The summed E-state index contributed by atoms with van der Waals surface area (Å²) in [5, 5.41) is 3.45. The first-order valence-electron chi connectivity index (χ1n) is 6.40. The van der Waals surface area contributed by atoms with Gasteiger partial charge in [-0.2, -0.15) is 0 Å². The summed E-state index contributed by atoms with van der Waals surface area (Å²) in [6, 6.07) is 9.44. The van der Waals surface area contributed by atoms with E-state index < -0.39 is 0 Å². The first-order valence-corrected chi connectivity index (χ1v) is 6.40. The van der Waals surface area contributed by atoms with E-state index >= 15 is 0 Å². The van der Waals surface area contributed by atoms with Crippen molar-refractivity contribution >= 4 is 0 Å². The minimum absolute atomic E-state index is 0.599. The van der Waals surface area contributed by atoms with Crippen LogP contribution in [0.3, 0.4) is 0 Å². The molecule has 0 radical (unpaired) electrons. The molecule has 0 saturated carbocycles. The van der Waals surface area contributed by atoms with Crippen LogP contribution in [0.25, 0.3) is 0 Å². The highest BCUT2D eigenvalue weighted by Gasteiger charge is 2.14. The molecule has 0 saturated heterocycles. The Kier molecular flexibility index (Phi) is 5.54. The Labute approximate surface area is 100 Å². The van der Waals surface area contributed by atoms with Gasteiger partial charge in [0, 0.05) is 6.04 Å². The third kappa shape index (κ3) is 3.97. The Bertz CT molecular complexity index is 306. The fourth-order valence-electron chi connectivity index (χ4n) is 2.34. The van der Waals surface area contributed by atoms with E-state index in [1.807, 2.05) is 0 Å². The Morgan fingerprint density at radius 1 is 1.31 bits per heavy atom. The van der Waals surface area contributed by atoms with E-state index in [0.717, 1.165) is 12.3 Å². The van der Waals surface area contributed by atoms with E-state index in [1.54, 1.807) is 0 Å². The van der Waals surface area contributed by atoms with E-state index in [4.69, 9.17) is 0 Å². The highest BCUT2D eigenvalue weighted by molar-refractivity contribution is 5.23. The average molecular weight is 219 g/mol. The summed E-state index contributed by atoms with van der Waals surface area (Å²) < 4.78 is 0. The van der Waals surface area contributed by atoms with Crippen molar-refractivity contribution < 1.29 is 0 Å². The SMILES string of the molecule is CCCC(C)C(Cc1cccc(C)c1)NC. The largest absolute Gasteiger partial charge is 0.316 e. The van der Waals surface area contributed by atoms with Crippen LogP contribution in [0, 0.1) is 12.8 Å². The predicted molar refractivity (Wildman–Crippen MR) is 71.8 cm³/mol. The lowest BCUT2D eigenvalue weighted by Crippen LogP contribution is -2.34. The molecule has 0 fully saturated rings. The summed E-state index contributed by atoms with van der Waals surface area (Å²) in [6.07, 6.45) is 3.71. The van der Waals surface area contributed by atoms with Crippen LogP contribution in [0.15, 0.2) is 24.3 Å². The Morgan fingerprint density at radius 2 is 2.06 bits per heavy atom. The smallest absolute Gasteiger partial charge is 0.0130 e. The molecule has 0 aliphatic carbocycles. The maximum Gasteiger partial charge on any atom is 0.0130 e. The summed E-state index contributed by atoms with van der Waals surface area (Å²) in [5.74, 6) is 0.746. The number of benzene rings is 1. The van der Waals surface area contributed by atoms with Gasteiger partial charge in [-0.15, -0.1) is 0 Å². The molecule has 1 aromatic carbocycles. The van der Waals surface area contributed by atoms with Crippen molar-refractivity contribution in [1.29, 1.82) is 0 Å². The predicted octanol–water partition coefficient (Wildman–Crippen LogP) is 3.56. The molecule has 0 heterocycles. The Hall–Kier alpha value is -0.820. The van der Waals surface area contributed by atoms with Crippen molar-refractivity contribution in [2.24, 2.45) is 5.92 Å². The van der Waals surface area contributed by atoms with Gasteiger partial charge in [-0.1, -0.05) is 50.1 Å². The molecule has 0 aliphatic heterocycles. The van der Waals surface area contributed by atoms with Gasteiger partial charge in [0.2, 0.25) is 0 Å². The van der Waals surface area contributed by atoms with Gasteiger partial charge in [0.05, 0.1) is 0 Å². The van der Waals surface area contributed by atoms with E-state index in [1.165, 1.54) is 24.0 Å². The molecule has 1 aromatic rings. The molecule has 2 atom stereocenters. The highest BCUT2D eigenvalue weighted by Crippen LogP contribution is 2.15. The number of rotatable bonds is 6. The van der Waals surface area contributed by atoms with Gasteiger partial charge in [-0.05, 0) is 38.3 Å². The molecule has 0 aromatic heterocycles. The molecule has 0 aliphatic rings. The van der Waals surface area contributed by atoms with Crippen LogP contribution in [0.1, 0.15) is 37.8 Å². The van der Waals surface area contributed by atoms with Gasteiger partial charge in [-0.25, -0.2) is 0 Å². The molecule has 16 heavy (non-hydrogen) atoms. The third-order valence-electron chi connectivity index (χ3n) is 3.34. The standard InChI is InChI=1S/C15H25N/c1-5-7-13(3)15(16-4)11-14-9-6-8-12(2)10-14/h6,8-10,13,15-16H,5,7,11H2,1-4H3. The van der Waals surface area contributed by atoms with Crippen LogP contribution in [-0.2, 0) is 6.42 Å². The number of nitrogens with one attached hydrogen (secondary N) is 1. The normalized spacial score (nSPS) is 14.8. The van der Waals surface area contributed by atoms with Crippen molar-refractivity contribution in [2.45, 2.75) is 46.1 Å². The van der Waals surface area contributed by atoms with Crippen LogP contribution in [-0.4, -0.2) is 13.1 Å². The molecule has 1 heteroatoms. The number of likely N-dealkylation sites (N-methyl/N-ethyl adjacent to an activating group) is 1. The molecule has 2 unspecified atom stereocenters. The molecular weight excluding hydrogens is 194 g/mol. The molecule has 1 N–H and O–H groups in total. The highest BCUT2D eigenvalue weighted by atomic mass is 14.9. The maximum absolute atomic E-state index is 3.45. The summed E-state index contributed by atoms with van der Waals surface area (Å²) >= 11 is 0. The summed E-state index contributed by atoms with van der Waals surface area (Å²) in [6.45, 7) is 6.77. The van der Waals surface area contributed by atoms with Crippen molar-refractivity contribution in [3.8, 4) is 0 Å². The molecule has 90 valence electrons. The molecule has 1 nitrogen and oxygen atoms in total. The van der Waals surface area contributed by atoms with Crippen molar-refractivity contribution in [1.82, 2.24) is 5.32 Å². The molecule has 0 spiro atoms. The number of hydrogen-bond acceptors (Lipinski definition) is 1. The van der Waals surface area contributed by atoms with Crippen LogP contribution >= 0.6 is 0 Å². The van der Waals surface area contributed by atoms with Gasteiger partial charge >= 0.3 is 0 Å². The van der Waals surface area contributed by atoms with E-state index in [2.05, 4.69) is 57.4 Å². The van der Waals surface area contributed by atoms with Crippen molar-refractivity contribution in [3.63, 3.8) is 0 Å². The first-order chi connectivity index (χ1) is 7.67. The van der Waals surface area contributed by atoms with Gasteiger partial charge in [0.15, 0.2) is 0 Å². The van der Waals surface area contributed by atoms with Crippen molar-refractivity contribution in [3.05, 3.63) is 35.4 Å². The lowest BCUT2D eigenvalue weighted by molar-refractivity contribution is 0.371. The van der Waals surface area contributed by atoms with Crippen LogP contribution in [0.5, 0.6) is 0 Å². The second kappa shape index (κ2) is 6.70. The lowest BCUT2D eigenvalue weighted by atomic mass is 9.91. The van der Waals surface area contributed by atoms with E-state index in [-0.39, 0.29) is 0 Å². The second-order valence-electron chi connectivity index (χ2n) is 4.85. The molecule has 0 bridgehead atoms. The first kappa shape index (κ1) is 13.2. The van der Waals surface area contributed by atoms with Gasteiger partial charge in [0.1, 0.15) is 0 Å².